The van der Waals surface area contributed by atoms with Gasteiger partial charge in [-0.2, -0.15) is 0 Å². The van der Waals surface area contributed by atoms with Crippen LogP contribution in [0.2, 0.25) is 0 Å². The summed E-state index contributed by atoms with van der Waals surface area (Å²) in [6, 6.07) is 0. The Morgan fingerprint density at radius 3 is 2.71 bits per heavy atom. The molecule has 0 amide bonds. The van der Waals surface area contributed by atoms with Gasteiger partial charge >= 0.3 is 6.36 Å². The summed E-state index contributed by atoms with van der Waals surface area (Å²) in [6.07, 6.45) is -2.04. The first-order valence-corrected chi connectivity index (χ1v) is 6.07. The molecule has 6 heteroatoms. The summed E-state index contributed by atoms with van der Waals surface area (Å²) < 4.78 is 39.4. The van der Waals surface area contributed by atoms with Crippen LogP contribution in [0.15, 0.2) is 0 Å². The SMILES string of the molecule is CC1(C2CC2)CN(CCOC(F)(F)F)CCN1. The summed E-state index contributed by atoms with van der Waals surface area (Å²) in [5.41, 5.74) is 0.0798. The molecule has 2 aliphatic rings. The minimum Gasteiger partial charge on any atom is -0.309 e. The zero-order valence-electron chi connectivity index (χ0n) is 10.0. The topological polar surface area (TPSA) is 24.5 Å². The van der Waals surface area contributed by atoms with E-state index in [1.165, 1.54) is 12.8 Å². The summed E-state index contributed by atoms with van der Waals surface area (Å²) in [6.45, 7) is 4.70. The van der Waals surface area contributed by atoms with Crippen LogP contribution in [0.25, 0.3) is 0 Å². The third-order valence-corrected chi connectivity index (χ3v) is 3.66. The number of nitrogens with one attached hydrogen (secondary N) is 1. The van der Waals surface area contributed by atoms with Gasteiger partial charge in [-0.3, -0.25) is 9.64 Å². The average molecular weight is 252 g/mol. The quantitative estimate of drug-likeness (QED) is 0.822. The van der Waals surface area contributed by atoms with Gasteiger partial charge in [-0.05, 0) is 25.7 Å². The minimum atomic E-state index is -4.51. The number of piperazine rings is 1. The molecule has 0 aromatic rings. The van der Waals surface area contributed by atoms with Crippen molar-refractivity contribution in [2.75, 3.05) is 32.8 Å². The lowest BCUT2D eigenvalue weighted by Crippen LogP contribution is -2.60. The Morgan fingerprint density at radius 2 is 2.12 bits per heavy atom. The van der Waals surface area contributed by atoms with Crippen LogP contribution >= 0.6 is 0 Å². The molecule has 0 aromatic heterocycles. The Hall–Kier alpha value is -0.330. The third kappa shape index (κ3) is 3.82. The first kappa shape index (κ1) is 13.1. The van der Waals surface area contributed by atoms with Crippen LogP contribution < -0.4 is 5.32 Å². The minimum absolute atomic E-state index is 0.0798. The van der Waals surface area contributed by atoms with E-state index in [0.29, 0.717) is 12.5 Å². The number of rotatable bonds is 4. The van der Waals surface area contributed by atoms with Gasteiger partial charge in [0.2, 0.25) is 0 Å². The van der Waals surface area contributed by atoms with Gasteiger partial charge in [0, 0.05) is 31.7 Å². The van der Waals surface area contributed by atoms with Crippen molar-refractivity contribution in [1.82, 2.24) is 10.2 Å². The second-order valence-electron chi connectivity index (χ2n) is 5.19. The van der Waals surface area contributed by atoms with Gasteiger partial charge in [0.25, 0.3) is 0 Å². The van der Waals surface area contributed by atoms with Crippen LogP contribution in [0.4, 0.5) is 13.2 Å². The normalized spacial score (nSPS) is 31.8. The fourth-order valence-electron chi connectivity index (χ4n) is 2.57. The average Bonchev–Trinajstić information content (AvgIpc) is 2.98. The van der Waals surface area contributed by atoms with E-state index >= 15 is 0 Å². The molecule has 2 fully saturated rings. The van der Waals surface area contributed by atoms with Crippen molar-refractivity contribution in [2.45, 2.75) is 31.7 Å². The molecule has 0 radical (unpaired) electrons. The van der Waals surface area contributed by atoms with Gasteiger partial charge in [-0.25, -0.2) is 0 Å². The van der Waals surface area contributed by atoms with Crippen molar-refractivity contribution in [2.24, 2.45) is 5.92 Å². The Kier molecular flexibility index (Phi) is 3.66. The highest BCUT2D eigenvalue weighted by Crippen LogP contribution is 2.40. The van der Waals surface area contributed by atoms with Crippen molar-refractivity contribution in [1.29, 1.82) is 0 Å². The number of hydrogen-bond donors (Lipinski definition) is 1. The van der Waals surface area contributed by atoms with E-state index in [9.17, 15) is 13.2 Å². The summed E-state index contributed by atoms with van der Waals surface area (Å²) in [5, 5.41) is 3.49. The largest absolute Gasteiger partial charge is 0.522 e. The zero-order valence-corrected chi connectivity index (χ0v) is 10.0. The highest BCUT2D eigenvalue weighted by atomic mass is 19.4. The lowest BCUT2D eigenvalue weighted by molar-refractivity contribution is -0.325. The summed E-state index contributed by atoms with van der Waals surface area (Å²) in [4.78, 5) is 2.06. The molecule has 1 heterocycles. The Balaban J connectivity index is 1.74. The van der Waals surface area contributed by atoms with Gasteiger partial charge in [-0.15, -0.1) is 13.2 Å². The van der Waals surface area contributed by atoms with E-state index < -0.39 is 6.36 Å². The molecule has 2 rings (SSSR count). The van der Waals surface area contributed by atoms with Crippen LogP contribution in [-0.2, 0) is 4.74 Å². The first-order chi connectivity index (χ1) is 7.89. The highest BCUT2D eigenvalue weighted by molar-refractivity contribution is 5.01. The molecule has 1 saturated heterocycles. The predicted octanol–water partition coefficient (Wildman–Crippen LogP) is 1.60. The van der Waals surface area contributed by atoms with Crippen molar-refractivity contribution < 1.29 is 17.9 Å². The molecule has 100 valence electrons. The predicted molar refractivity (Wildman–Crippen MR) is 57.6 cm³/mol. The Labute approximate surface area is 99.3 Å². The molecule has 3 nitrogen and oxygen atoms in total. The Bertz CT molecular complexity index is 268. The Morgan fingerprint density at radius 1 is 1.41 bits per heavy atom. The molecule has 0 bridgehead atoms. The van der Waals surface area contributed by atoms with Gasteiger partial charge in [0.05, 0.1) is 6.61 Å². The monoisotopic (exact) mass is 252 g/mol. The van der Waals surface area contributed by atoms with Crippen molar-refractivity contribution in [3.63, 3.8) is 0 Å². The lowest BCUT2D eigenvalue weighted by Gasteiger charge is -2.42. The zero-order chi connectivity index (χ0) is 12.5. The maximum absolute atomic E-state index is 11.8. The standard InChI is InChI=1S/C11H19F3N2O/c1-10(9-2-3-9)8-16(5-4-15-10)6-7-17-11(12,13)14/h9,15H,2-8H2,1H3. The van der Waals surface area contributed by atoms with Crippen LogP contribution in [0.3, 0.4) is 0 Å². The van der Waals surface area contributed by atoms with Crippen LogP contribution in [0, 0.1) is 5.92 Å². The molecule has 1 saturated carbocycles. The fraction of sp³-hybridized carbons (Fsp3) is 1.00. The van der Waals surface area contributed by atoms with Crippen LogP contribution in [-0.4, -0.2) is 49.6 Å². The van der Waals surface area contributed by atoms with E-state index in [-0.39, 0.29) is 12.1 Å². The second-order valence-corrected chi connectivity index (χ2v) is 5.19. The van der Waals surface area contributed by atoms with E-state index in [0.717, 1.165) is 19.6 Å². The number of alkyl halides is 3. The van der Waals surface area contributed by atoms with Crippen molar-refractivity contribution >= 4 is 0 Å². The fourth-order valence-corrected chi connectivity index (χ4v) is 2.57. The van der Waals surface area contributed by atoms with Gasteiger partial charge in [0.1, 0.15) is 0 Å². The molecule has 0 aromatic carbocycles. The molecule has 1 aliphatic carbocycles. The first-order valence-electron chi connectivity index (χ1n) is 6.07. The molecule has 0 spiro atoms. The molecular weight excluding hydrogens is 233 g/mol. The van der Waals surface area contributed by atoms with Crippen LogP contribution in [0.1, 0.15) is 19.8 Å². The number of nitrogens with zero attached hydrogens (tertiary/aromatic N) is 1. The molecule has 1 unspecified atom stereocenters. The number of ether oxygens (including phenoxy) is 1. The second kappa shape index (κ2) is 4.74. The van der Waals surface area contributed by atoms with E-state index in [1.54, 1.807) is 0 Å². The lowest BCUT2D eigenvalue weighted by atomic mass is 9.93. The number of hydrogen-bond acceptors (Lipinski definition) is 3. The maximum atomic E-state index is 11.8. The summed E-state index contributed by atoms with van der Waals surface area (Å²) >= 11 is 0. The molecule has 1 aliphatic heterocycles. The number of halogens is 3. The van der Waals surface area contributed by atoms with Gasteiger partial charge < -0.3 is 5.32 Å². The maximum Gasteiger partial charge on any atom is 0.522 e. The van der Waals surface area contributed by atoms with Crippen molar-refractivity contribution in [3.05, 3.63) is 0 Å². The smallest absolute Gasteiger partial charge is 0.309 e. The van der Waals surface area contributed by atoms with Gasteiger partial charge in [0.15, 0.2) is 0 Å². The summed E-state index contributed by atoms with van der Waals surface area (Å²) in [7, 11) is 0. The van der Waals surface area contributed by atoms with E-state index in [4.69, 9.17) is 0 Å². The third-order valence-electron chi connectivity index (χ3n) is 3.66. The molecule has 17 heavy (non-hydrogen) atoms. The molecular formula is C11H19F3N2O. The van der Waals surface area contributed by atoms with Crippen LogP contribution in [0.5, 0.6) is 0 Å². The van der Waals surface area contributed by atoms with Crippen molar-refractivity contribution in [3.8, 4) is 0 Å². The summed E-state index contributed by atoms with van der Waals surface area (Å²) in [5.74, 6) is 0.689. The van der Waals surface area contributed by atoms with E-state index in [1.807, 2.05) is 0 Å². The molecule has 1 atom stereocenters. The van der Waals surface area contributed by atoms with E-state index in [2.05, 4.69) is 21.9 Å². The molecule has 1 N–H and O–H groups in total. The highest BCUT2D eigenvalue weighted by Gasteiger charge is 2.43. The van der Waals surface area contributed by atoms with Gasteiger partial charge in [-0.1, -0.05) is 0 Å².